The van der Waals surface area contributed by atoms with E-state index in [1.807, 2.05) is 30.3 Å². The lowest BCUT2D eigenvalue weighted by atomic mass is 10.1. The predicted molar refractivity (Wildman–Crippen MR) is 99.1 cm³/mol. The van der Waals surface area contributed by atoms with E-state index in [2.05, 4.69) is 13.8 Å². The Morgan fingerprint density at radius 1 is 0.880 bits per heavy atom. The van der Waals surface area contributed by atoms with Crippen molar-refractivity contribution in [3.63, 3.8) is 0 Å². The Kier molecular flexibility index (Phi) is 11.4. The number of hydrogen-bond donors (Lipinski definition) is 0. The van der Waals surface area contributed by atoms with Crippen LogP contribution in [0, 0.1) is 0 Å². The van der Waals surface area contributed by atoms with Gasteiger partial charge in [0.1, 0.15) is 6.10 Å². The fourth-order valence-corrected chi connectivity index (χ4v) is 2.57. The molecule has 0 saturated carbocycles. The molecule has 0 bridgehead atoms. The van der Waals surface area contributed by atoms with Gasteiger partial charge in [0.25, 0.3) is 0 Å². The monoisotopic (exact) mass is 348 g/mol. The Hall–Kier alpha value is -1.84. The zero-order valence-electron chi connectivity index (χ0n) is 15.7. The van der Waals surface area contributed by atoms with Crippen LogP contribution in [0.5, 0.6) is 0 Å². The molecule has 0 aliphatic rings. The molecule has 0 fully saturated rings. The minimum Gasteiger partial charge on any atom is -0.466 e. The number of carbonyl (C=O) groups is 2. The lowest BCUT2D eigenvalue weighted by molar-refractivity contribution is -0.152. The van der Waals surface area contributed by atoms with E-state index in [0.29, 0.717) is 19.3 Å². The van der Waals surface area contributed by atoms with Crippen LogP contribution in [0.25, 0.3) is 0 Å². The minimum atomic E-state index is -0.362. The van der Waals surface area contributed by atoms with Gasteiger partial charge in [-0.05, 0) is 18.4 Å². The number of carbonyl (C=O) groups excluding carboxylic acids is 2. The molecule has 1 aromatic rings. The molecular formula is C21H32O4. The topological polar surface area (TPSA) is 52.6 Å². The largest absolute Gasteiger partial charge is 0.466 e. The van der Waals surface area contributed by atoms with Gasteiger partial charge in [-0.1, -0.05) is 69.9 Å². The van der Waals surface area contributed by atoms with Crippen molar-refractivity contribution in [1.82, 2.24) is 0 Å². The average molecular weight is 348 g/mol. The first-order valence-electron chi connectivity index (χ1n) is 9.57. The van der Waals surface area contributed by atoms with Crippen LogP contribution in [-0.2, 0) is 19.1 Å². The van der Waals surface area contributed by atoms with E-state index in [4.69, 9.17) is 9.47 Å². The van der Waals surface area contributed by atoms with Gasteiger partial charge in [-0.15, -0.1) is 0 Å². The molecule has 0 aliphatic carbocycles. The van der Waals surface area contributed by atoms with Crippen molar-refractivity contribution in [2.75, 3.05) is 6.61 Å². The molecule has 0 spiro atoms. The number of hydrogen-bond acceptors (Lipinski definition) is 4. The summed E-state index contributed by atoms with van der Waals surface area (Å²) in [4.78, 5) is 23.7. The standard InChI is InChI=1S/C21H32O4/c1-3-5-8-14-20(22)24-17-16-19(18-12-10-7-11-13-18)25-21(23)15-9-6-4-2/h7,10-13,19H,3-6,8-9,14-17H2,1-2H3. The lowest BCUT2D eigenvalue weighted by Gasteiger charge is -2.18. The molecule has 4 heteroatoms. The Morgan fingerprint density at radius 2 is 1.48 bits per heavy atom. The van der Waals surface area contributed by atoms with Crippen molar-refractivity contribution in [2.24, 2.45) is 0 Å². The molecule has 1 unspecified atom stereocenters. The summed E-state index contributed by atoms with van der Waals surface area (Å²) in [6.07, 6.45) is 6.96. The molecule has 1 rings (SSSR count). The van der Waals surface area contributed by atoms with E-state index in [0.717, 1.165) is 44.1 Å². The maximum atomic E-state index is 12.0. The van der Waals surface area contributed by atoms with Crippen molar-refractivity contribution in [1.29, 1.82) is 0 Å². The number of esters is 2. The third-order valence-electron chi connectivity index (χ3n) is 4.06. The van der Waals surface area contributed by atoms with Gasteiger partial charge in [0.15, 0.2) is 0 Å². The molecule has 0 heterocycles. The van der Waals surface area contributed by atoms with E-state index >= 15 is 0 Å². The maximum absolute atomic E-state index is 12.0. The highest BCUT2D eigenvalue weighted by Crippen LogP contribution is 2.22. The second kappa shape index (κ2) is 13.5. The molecular weight excluding hydrogens is 316 g/mol. The van der Waals surface area contributed by atoms with Gasteiger partial charge < -0.3 is 9.47 Å². The molecule has 25 heavy (non-hydrogen) atoms. The van der Waals surface area contributed by atoms with E-state index in [-0.39, 0.29) is 24.6 Å². The second-order valence-electron chi connectivity index (χ2n) is 6.31. The second-order valence-corrected chi connectivity index (χ2v) is 6.31. The molecule has 0 saturated heterocycles. The highest BCUT2D eigenvalue weighted by Gasteiger charge is 2.17. The molecule has 0 amide bonds. The van der Waals surface area contributed by atoms with Gasteiger partial charge in [-0.3, -0.25) is 9.59 Å². The summed E-state index contributed by atoms with van der Waals surface area (Å²) in [7, 11) is 0. The molecule has 0 aromatic heterocycles. The van der Waals surface area contributed by atoms with E-state index in [9.17, 15) is 9.59 Å². The van der Waals surface area contributed by atoms with Crippen LogP contribution in [0.4, 0.5) is 0 Å². The van der Waals surface area contributed by atoms with E-state index in [1.165, 1.54) is 0 Å². The summed E-state index contributed by atoms with van der Waals surface area (Å²) in [6, 6.07) is 9.64. The highest BCUT2D eigenvalue weighted by molar-refractivity contribution is 5.70. The van der Waals surface area contributed by atoms with Crippen LogP contribution in [0.1, 0.15) is 83.3 Å². The summed E-state index contributed by atoms with van der Waals surface area (Å²) >= 11 is 0. The molecule has 140 valence electrons. The number of unbranched alkanes of at least 4 members (excludes halogenated alkanes) is 4. The zero-order chi connectivity index (χ0) is 18.3. The summed E-state index contributed by atoms with van der Waals surface area (Å²) < 4.78 is 10.9. The van der Waals surface area contributed by atoms with Crippen molar-refractivity contribution >= 4 is 11.9 Å². The highest BCUT2D eigenvalue weighted by atomic mass is 16.6. The predicted octanol–water partition coefficient (Wildman–Crippen LogP) is 5.36. The Balaban J connectivity index is 2.46. The maximum Gasteiger partial charge on any atom is 0.306 e. The first-order valence-corrected chi connectivity index (χ1v) is 9.57. The first-order chi connectivity index (χ1) is 12.2. The number of rotatable bonds is 13. The Bertz CT molecular complexity index is 484. The normalized spacial score (nSPS) is 11.8. The quantitative estimate of drug-likeness (QED) is 0.355. The van der Waals surface area contributed by atoms with Gasteiger partial charge in [0.2, 0.25) is 0 Å². The molecule has 0 radical (unpaired) electrons. The summed E-state index contributed by atoms with van der Waals surface area (Å²) in [5, 5.41) is 0. The Morgan fingerprint density at radius 3 is 2.08 bits per heavy atom. The number of benzene rings is 1. The van der Waals surface area contributed by atoms with Crippen LogP contribution in [0.15, 0.2) is 30.3 Å². The average Bonchev–Trinajstić information content (AvgIpc) is 2.62. The van der Waals surface area contributed by atoms with Crippen LogP contribution in [0.2, 0.25) is 0 Å². The smallest absolute Gasteiger partial charge is 0.306 e. The third kappa shape index (κ3) is 9.90. The van der Waals surface area contributed by atoms with Crippen molar-refractivity contribution in [2.45, 2.75) is 77.7 Å². The molecule has 4 nitrogen and oxygen atoms in total. The molecule has 1 atom stereocenters. The van der Waals surface area contributed by atoms with Crippen LogP contribution < -0.4 is 0 Å². The van der Waals surface area contributed by atoms with Gasteiger partial charge in [0, 0.05) is 19.3 Å². The summed E-state index contributed by atoms with van der Waals surface area (Å²) in [6.45, 7) is 4.48. The van der Waals surface area contributed by atoms with E-state index < -0.39 is 0 Å². The zero-order valence-corrected chi connectivity index (χ0v) is 15.7. The SMILES string of the molecule is CCCCCC(=O)OCCC(OC(=O)CCCCC)c1ccccc1. The van der Waals surface area contributed by atoms with Crippen LogP contribution in [0.3, 0.4) is 0 Å². The first kappa shape index (κ1) is 21.2. The third-order valence-corrected chi connectivity index (χ3v) is 4.06. The number of ether oxygens (including phenoxy) is 2. The van der Waals surface area contributed by atoms with Crippen LogP contribution in [-0.4, -0.2) is 18.5 Å². The fraction of sp³-hybridized carbons (Fsp3) is 0.619. The van der Waals surface area contributed by atoms with Crippen molar-refractivity contribution in [3.8, 4) is 0 Å². The van der Waals surface area contributed by atoms with Crippen molar-refractivity contribution < 1.29 is 19.1 Å². The van der Waals surface area contributed by atoms with Gasteiger partial charge >= 0.3 is 11.9 Å². The van der Waals surface area contributed by atoms with Crippen molar-refractivity contribution in [3.05, 3.63) is 35.9 Å². The van der Waals surface area contributed by atoms with Gasteiger partial charge in [-0.2, -0.15) is 0 Å². The summed E-state index contributed by atoms with van der Waals surface area (Å²) in [5.74, 6) is -0.355. The Labute approximate surface area is 151 Å². The lowest BCUT2D eigenvalue weighted by Crippen LogP contribution is -2.15. The molecule has 1 aromatic carbocycles. The molecule has 0 N–H and O–H groups in total. The van der Waals surface area contributed by atoms with Crippen LogP contribution >= 0.6 is 0 Å². The van der Waals surface area contributed by atoms with Gasteiger partial charge in [0.05, 0.1) is 6.61 Å². The van der Waals surface area contributed by atoms with E-state index in [1.54, 1.807) is 0 Å². The van der Waals surface area contributed by atoms with Gasteiger partial charge in [-0.25, -0.2) is 0 Å². The summed E-state index contributed by atoms with van der Waals surface area (Å²) in [5.41, 5.74) is 0.938. The fourth-order valence-electron chi connectivity index (χ4n) is 2.57. The minimum absolute atomic E-state index is 0.172. The molecule has 0 aliphatic heterocycles.